The quantitative estimate of drug-likeness (QED) is 0.829. The Kier molecular flexibility index (Phi) is 5.43. The van der Waals surface area contributed by atoms with Gasteiger partial charge in [0.15, 0.2) is 0 Å². The number of nitrogens with one attached hydrogen (secondary N) is 2. The normalized spacial score (nSPS) is 19.8. The van der Waals surface area contributed by atoms with Crippen molar-refractivity contribution in [1.82, 2.24) is 19.8 Å². The Morgan fingerprint density at radius 2 is 2.07 bits per heavy atom. The maximum atomic E-state index is 12.7. The van der Waals surface area contributed by atoms with Crippen LogP contribution < -0.4 is 10.6 Å². The average Bonchev–Trinajstić information content (AvgIpc) is 3.09. The summed E-state index contributed by atoms with van der Waals surface area (Å²) in [4.78, 5) is 31.7. The molecule has 2 aliphatic heterocycles. The molecular weight excluding hydrogens is 354 g/mol. The molecule has 1 atom stereocenters. The fourth-order valence-corrected chi connectivity index (χ4v) is 3.99. The van der Waals surface area contributed by atoms with Crippen LogP contribution in [0.1, 0.15) is 36.2 Å². The summed E-state index contributed by atoms with van der Waals surface area (Å²) >= 11 is 0. The minimum absolute atomic E-state index is 0.0798. The molecule has 28 heavy (non-hydrogen) atoms. The molecule has 2 aliphatic rings. The molecule has 7 nitrogen and oxygen atoms in total. The van der Waals surface area contributed by atoms with Crippen molar-refractivity contribution in [1.29, 1.82) is 0 Å². The van der Waals surface area contributed by atoms with E-state index in [0.29, 0.717) is 13.1 Å². The van der Waals surface area contributed by atoms with Crippen LogP contribution in [-0.4, -0.2) is 45.4 Å². The lowest BCUT2D eigenvalue weighted by Gasteiger charge is -2.34. The van der Waals surface area contributed by atoms with Crippen LogP contribution in [0.2, 0.25) is 0 Å². The van der Waals surface area contributed by atoms with Crippen LogP contribution in [0.5, 0.6) is 0 Å². The van der Waals surface area contributed by atoms with Crippen molar-refractivity contribution in [3.05, 3.63) is 47.4 Å². The molecule has 2 aromatic rings. The van der Waals surface area contributed by atoms with Crippen molar-refractivity contribution >= 4 is 17.6 Å². The van der Waals surface area contributed by atoms with Crippen LogP contribution in [0, 0.1) is 6.92 Å². The molecule has 0 aliphatic carbocycles. The highest BCUT2D eigenvalue weighted by atomic mass is 16.2. The number of benzene rings is 1. The minimum atomic E-state index is -0.459. The number of carbonyl (C=O) groups excluding carboxylic acids is 2. The van der Waals surface area contributed by atoms with Gasteiger partial charge in [-0.25, -0.2) is 4.98 Å². The third-order valence-corrected chi connectivity index (χ3v) is 5.56. The van der Waals surface area contributed by atoms with Gasteiger partial charge in [-0.2, -0.15) is 0 Å². The second-order valence-electron chi connectivity index (χ2n) is 7.68. The summed E-state index contributed by atoms with van der Waals surface area (Å²) in [5.41, 5.74) is 2.36. The molecule has 0 unspecified atom stereocenters. The first-order valence-corrected chi connectivity index (χ1v) is 10.0. The first-order valence-electron chi connectivity index (χ1n) is 10.0. The summed E-state index contributed by atoms with van der Waals surface area (Å²) in [7, 11) is 0. The summed E-state index contributed by atoms with van der Waals surface area (Å²) in [6.45, 7) is 4.95. The van der Waals surface area contributed by atoms with Gasteiger partial charge in [-0.3, -0.25) is 14.5 Å². The van der Waals surface area contributed by atoms with Crippen molar-refractivity contribution < 1.29 is 9.59 Å². The predicted molar refractivity (Wildman–Crippen MR) is 107 cm³/mol. The lowest BCUT2D eigenvalue weighted by atomic mass is 10.1. The summed E-state index contributed by atoms with van der Waals surface area (Å²) < 4.78 is 2.08. The Labute approximate surface area is 165 Å². The number of rotatable bonds is 5. The number of hydrogen-bond donors (Lipinski definition) is 2. The van der Waals surface area contributed by atoms with Gasteiger partial charge >= 0.3 is 0 Å². The fourth-order valence-electron chi connectivity index (χ4n) is 3.99. The molecule has 7 heteroatoms. The molecule has 1 fully saturated rings. The molecule has 0 radical (unpaired) electrons. The summed E-state index contributed by atoms with van der Waals surface area (Å²) in [6, 6.07) is 7.85. The molecule has 1 aromatic heterocycles. The topological polar surface area (TPSA) is 79.3 Å². The Morgan fingerprint density at radius 1 is 1.25 bits per heavy atom. The molecule has 0 spiro atoms. The Balaban J connectivity index is 1.43. The van der Waals surface area contributed by atoms with Gasteiger partial charge < -0.3 is 15.2 Å². The van der Waals surface area contributed by atoms with Gasteiger partial charge in [-0.15, -0.1) is 0 Å². The lowest BCUT2D eigenvalue weighted by molar-refractivity contribution is -0.132. The van der Waals surface area contributed by atoms with Crippen molar-refractivity contribution in [2.75, 3.05) is 18.4 Å². The maximum absolute atomic E-state index is 12.7. The first kappa shape index (κ1) is 18.7. The third kappa shape index (κ3) is 4.09. The zero-order valence-electron chi connectivity index (χ0n) is 16.3. The van der Waals surface area contributed by atoms with Gasteiger partial charge in [0.25, 0.3) is 0 Å². The highest BCUT2D eigenvalue weighted by Gasteiger charge is 2.32. The standard InChI is InChI=1S/C21H27N5O2/c1-15-5-7-16(8-6-15)14-25-11-9-22-21(28)17(25)12-20(27)24-19-13-23-18-4-2-3-10-26(18)19/h5-8,13,17H,2-4,9-12,14H2,1H3,(H,22,28)(H,24,27)/t17-/m0/s1. The number of fused-ring (bicyclic) bond motifs is 1. The minimum Gasteiger partial charge on any atom is -0.353 e. The molecule has 3 heterocycles. The van der Waals surface area contributed by atoms with Gasteiger partial charge in [0.1, 0.15) is 11.6 Å². The highest BCUT2D eigenvalue weighted by molar-refractivity contribution is 5.95. The Morgan fingerprint density at radius 3 is 2.89 bits per heavy atom. The zero-order valence-corrected chi connectivity index (χ0v) is 16.3. The monoisotopic (exact) mass is 381 g/mol. The molecule has 1 saturated heterocycles. The Bertz CT molecular complexity index is 858. The van der Waals surface area contributed by atoms with Crippen molar-refractivity contribution in [2.24, 2.45) is 0 Å². The van der Waals surface area contributed by atoms with E-state index >= 15 is 0 Å². The van der Waals surface area contributed by atoms with Gasteiger partial charge in [0, 0.05) is 32.6 Å². The number of aromatic nitrogens is 2. The zero-order chi connectivity index (χ0) is 19.5. The van der Waals surface area contributed by atoms with Crippen LogP contribution in [-0.2, 0) is 29.1 Å². The van der Waals surface area contributed by atoms with Crippen molar-refractivity contribution in [3.63, 3.8) is 0 Å². The molecule has 0 bridgehead atoms. The number of nitrogens with zero attached hydrogens (tertiary/aromatic N) is 3. The van der Waals surface area contributed by atoms with Crippen LogP contribution in [0.4, 0.5) is 5.82 Å². The van der Waals surface area contributed by atoms with Crippen molar-refractivity contribution in [3.8, 4) is 0 Å². The number of aryl methyl sites for hydroxylation is 2. The molecule has 0 saturated carbocycles. The van der Waals surface area contributed by atoms with Crippen LogP contribution in [0.15, 0.2) is 30.5 Å². The largest absolute Gasteiger partial charge is 0.353 e. The number of amides is 2. The second-order valence-corrected chi connectivity index (χ2v) is 7.68. The van der Waals surface area contributed by atoms with Gasteiger partial charge in [0.2, 0.25) is 11.8 Å². The van der Waals surface area contributed by atoms with E-state index in [1.807, 2.05) is 0 Å². The smallest absolute Gasteiger partial charge is 0.237 e. The molecular formula is C21H27N5O2. The van der Waals surface area contributed by atoms with E-state index in [-0.39, 0.29) is 18.2 Å². The SMILES string of the molecule is Cc1ccc(CN2CCNC(=O)[C@@H]2CC(=O)Nc2cnc3n2CCCC3)cc1. The number of carbonyl (C=O) groups is 2. The molecule has 4 rings (SSSR count). The lowest BCUT2D eigenvalue weighted by Crippen LogP contribution is -2.55. The molecule has 2 N–H and O–H groups in total. The summed E-state index contributed by atoms with van der Waals surface area (Å²) in [6.07, 6.45) is 5.05. The number of imidazole rings is 1. The van der Waals surface area contributed by atoms with Crippen LogP contribution >= 0.6 is 0 Å². The summed E-state index contributed by atoms with van der Waals surface area (Å²) in [5, 5.41) is 5.86. The third-order valence-electron chi connectivity index (χ3n) is 5.56. The van der Waals surface area contributed by atoms with E-state index in [1.54, 1.807) is 6.20 Å². The van der Waals surface area contributed by atoms with Gasteiger partial charge in [-0.1, -0.05) is 29.8 Å². The van der Waals surface area contributed by atoms with Gasteiger partial charge in [-0.05, 0) is 25.3 Å². The number of piperazine rings is 1. The van der Waals surface area contributed by atoms with E-state index in [1.165, 1.54) is 5.56 Å². The maximum Gasteiger partial charge on any atom is 0.237 e. The van der Waals surface area contributed by atoms with E-state index in [2.05, 4.69) is 56.3 Å². The van der Waals surface area contributed by atoms with Crippen molar-refractivity contribution in [2.45, 2.75) is 51.7 Å². The average molecular weight is 381 g/mol. The predicted octanol–water partition coefficient (Wildman–Crippen LogP) is 1.86. The molecule has 2 amide bonds. The number of hydrogen-bond acceptors (Lipinski definition) is 4. The van der Waals surface area contributed by atoms with E-state index in [4.69, 9.17) is 0 Å². The fraction of sp³-hybridized carbons (Fsp3) is 0.476. The van der Waals surface area contributed by atoms with Crippen LogP contribution in [0.3, 0.4) is 0 Å². The van der Waals surface area contributed by atoms with E-state index in [9.17, 15) is 9.59 Å². The first-order chi connectivity index (χ1) is 13.6. The summed E-state index contributed by atoms with van der Waals surface area (Å²) in [5.74, 6) is 1.53. The Hall–Kier alpha value is -2.67. The highest BCUT2D eigenvalue weighted by Crippen LogP contribution is 2.20. The second kappa shape index (κ2) is 8.14. The molecule has 1 aromatic carbocycles. The number of anilines is 1. The molecule has 148 valence electrons. The van der Waals surface area contributed by atoms with Crippen LogP contribution in [0.25, 0.3) is 0 Å². The van der Waals surface area contributed by atoms with E-state index in [0.717, 1.165) is 49.6 Å². The van der Waals surface area contributed by atoms with Gasteiger partial charge in [0.05, 0.1) is 18.7 Å². The van der Waals surface area contributed by atoms with E-state index < -0.39 is 6.04 Å².